The van der Waals surface area contributed by atoms with E-state index >= 15 is 0 Å². The van der Waals surface area contributed by atoms with E-state index in [0.717, 1.165) is 43.9 Å². The second-order valence-electron chi connectivity index (χ2n) is 6.73. The molecule has 1 aliphatic heterocycles. The molecule has 2 aromatic heterocycles. The molecule has 10 heteroatoms. The number of fused-ring (bicyclic) bond motifs is 1. The molecule has 0 saturated carbocycles. The van der Waals surface area contributed by atoms with Gasteiger partial charge < -0.3 is 4.90 Å². The van der Waals surface area contributed by atoms with Gasteiger partial charge >= 0.3 is 0 Å². The standard InChI is InChI=1S/C18H21FN6O2S/c19-14-4-6-15(7-5-14)28(26,27)20-11-10-17-22-21-16-8-9-18(23-25(16)17)24-12-2-1-3-13-24/h4-9,20H,1-3,10-13H2. The van der Waals surface area contributed by atoms with Crippen molar-refractivity contribution in [3.05, 3.63) is 48.0 Å². The van der Waals surface area contributed by atoms with Crippen molar-refractivity contribution in [1.82, 2.24) is 24.5 Å². The second-order valence-corrected chi connectivity index (χ2v) is 8.49. The third kappa shape index (κ3) is 3.97. The van der Waals surface area contributed by atoms with Gasteiger partial charge in [-0.25, -0.2) is 17.5 Å². The zero-order valence-corrected chi connectivity index (χ0v) is 16.1. The molecule has 0 spiro atoms. The third-order valence-electron chi connectivity index (χ3n) is 4.76. The predicted molar refractivity (Wildman–Crippen MR) is 102 cm³/mol. The van der Waals surface area contributed by atoms with Crippen molar-refractivity contribution in [2.24, 2.45) is 0 Å². The Labute approximate surface area is 162 Å². The fourth-order valence-electron chi connectivity index (χ4n) is 3.27. The van der Waals surface area contributed by atoms with Crippen LogP contribution >= 0.6 is 0 Å². The first-order chi connectivity index (χ1) is 13.5. The molecule has 28 heavy (non-hydrogen) atoms. The lowest BCUT2D eigenvalue weighted by Gasteiger charge is -2.27. The summed E-state index contributed by atoms with van der Waals surface area (Å²) in [6, 6.07) is 8.51. The molecule has 1 N–H and O–H groups in total. The van der Waals surface area contributed by atoms with Crippen LogP contribution in [0.1, 0.15) is 25.1 Å². The van der Waals surface area contributed by atoms with Crippen LogP contribution in [0.15, 0.2) is 41.3 Å². The molecule has 0 unspecified atom stereocenters. The minimum atomic E-state index is -3.71. The summed E-state index contributed by atoms with van der Waals surface area (Å²) >= 11 is 0. The van der Waals surface area contributed by atoms with Crippen molar-refractivity contribution in [1.29, 1.82) is 0 Å². The topological polar surface area (TPSA) is 92.5 Å². The summed E-state index contributed by atoms with van der Waals surface area (Å²) in [6.07, 6.45) is 3.88. The maximum Gasteiger partial charge on any atom is 0.240 e. The Hall–Kier alpha value is -2.59. The molecule has 1 fully saturated rings. The zero-order valence-electron chi connectivity index (χ0n) is 15.3. The Balaban J connectivity index is 1.46. The van der Waals surface area contributed by atoms with Crippen molar-refractivity contribution in [2.45, 2.75) is 30.6 Å². The molecular formula is C18H21FN6O2S. The van der Waals surface area contributed by atoms with Gasteiger partial charge in [-0.05, 0) is 55.7 Å². The highest BCUT2D eigenvalue weighted by Gasteiger charge is 2.16. The number of nitrogens with zero attached hydrogens (tertiary/aromatic N) is 5. The van der Waals surface area contributed by atoms with Crippen molar-refractivity contribution in [2.75, 3.05) is 24.5 Å². The smallest absolute Gasteiger partial charge is 0.240 e. The average Bonchev–Trinajstić information content (AvgIpc) is 3.11. The molecule has 1 aliphatic rings. The van der Waals surface area contributed by atoms with Crippen LogP contribution in [0.2, 0.25) is 0 Å². The van der Waals surface area contributed by atoms with Crippen LogP contribution in [-0.4, -0.2) is 47.9 Å². The molecule has 0 radical (unpaired) electrons. The number of benzene rings is 1. The molecular weight excluding hydrogens is 383 g/mol. The monoisotopic (exact) mass is 404 g/mol. The fourth-order valence-corrected chi connectivity index (χ4v) is 4.30. The number of aromatic nitrogens is 4. The van der Waals surface area contributed by atoms with Gasteiger partial charge in [-0.3, -0.25) is 0 Å². The summed E-state index contributed by atoms with van der Waals surface area (Å²) in [7, 11) is -3.71. The van der Waals surface area contributed by atoms with E-state index < -0.39 is 15.8 Å². The minimum absolute atomic E-state index is 0.0190. The van der Waals surface area contributed by atoms with E-state index in [1.807, 2.05) is 12.1 Å². The van der Waals surface area contributed by atoms with Gasteiger partial charge in [-0.1, -0.05) is 0 Å². The summed E-state index contributed by atoms with van der Waals surface area (Å²) in [5.41, 5.74) is 0.622. The van der Waals surface area contributed by atoms with E-state index in [0.29, 0.717) is 17.9 Å². The Morgan fingerprint density at radius 3 is 2.50 bits per heavy atom. The molecule has 0 amide bonds. The van der Waals surface area contributed by atoms with Crippen LogP contribution in [0.3, 0.4) is 0 Å². The van der Waals surface area contributed by atoms with E-state index in [2.05, 4.69) is 24.9 Å². The quantitative estimate of drug-likeness (QED) is 0.673. The molecule has 8 nitrogen and oxygen atoms in total. The largest absolute Gasteiger partial charge is 0.355 e. The number of anilines is 1. The van der Waals surface area contributed by atoms with Crippen molar-refractivity contribution >= 4 is 21.5 Å². The van der Waals surface area contributed by atoms with Crippen LogP contribution in [0.5, 0.6) is 0 Å². The second kappa shape index (κ2) is 7.80. The van der Waals surface area contributed by atoms with E-state index in [1.54, 1.807) is 4.52 Å². The van der Waals surface area contributed by atoms with Gasteiger partial charge in [0.05, 0.1) is 4.90 Å². The van der Waals surface area contributed by atoms with Crippen LogP contribution < -0.4 is 9.62 Å². The lowest BCUT2D eigenvalue weighted by atomic mass is 10.1. The number of hydrogen-bond acceptors (Lipinski definition) is 6. The van der Waals surface area contributed by atoms with E-state index in [-0.39, 0.29) is 11.4 Å². The van der Waals surface area contributed by atoms with Gasteiger partial charge in [0.25, 0.3) is 0 Å². The Morgan fingerprint density at radius 1 is 1.00 bits per heavy atom. The van der Waals surface area contributed by atoms with Gasteiger partial charge in [0.1, 0.15) is 11.6 Å². The number of sulfonamides is 1. The number of nitrogens with one attached hydrogen (secondary N) is 1. The number of rotatable bonds is 6. The van der Waals surface area contributed by atoms with Crippen molar-refractivity contribution < 1.29 is 12.8 Å². The van der Waals surface area contributed by atoms with Gasteiger partial charge in [0, 0.05) is 26.1 Å². The molecule has 3 aromatic rings. The number of hydrogen-bond donors (Lipinski definition) is 1. The third-order valence-corrected chi connectivity index (χ3v) is 6.23. The van der Waals surface area contributed by atoms with Crippen molar-refractivity contribution in [3.8, 4) is 0 Å². The molecule has 1 saturated heterocycles. The average molecular weight is 404 g/mol. The first kappa shape index (κ1) is 18.8. The van der Waals surface area contributed by atoms with Crippen LogP contribution in [0.25, 0.3) is 5.65 Å². The summed E-state index contributed by atoms with van der Waals surface area (Å²) in [4.78, 5) is 2.26. The summed E-state index contributed by atoms with van der Waals surface area (Å²) < 4.78 is 41.7. The van der Waals surface area contributed by atoms with Crippen LogP contribution in [0.4, 0.5) is 10.2 Å². The number of halogens is 1. The minimum Gasteiger partial charge on any atom is -0.355 e. The lowest BCUT2D eigenvalue weighted by Crippen LogP contribution is -2.30. The maximum absolute atomic E-state index is 13.0. The Bertz CT molecular complexity index is 1060. The van der Waals surface area contributed by atoms with Crippen molar-refractivity contribution in [3.63, 3.8) is 0 Å². The van der Waals surface area contributed by atoms with Gasteiger partial charge in [-0.15, -0.1) is 15.3 Å². The van der Waals surface area contributed by atoms with Crippen LogP contribution in [0, 0.1) is 5.82 Å². The normalized spacial score (nSPS) is 15.2. The summed E-state index contributed by atoms with van der Waals surface area (Å²) in [5, 5.41) is 12.9. The molecule has 4 rings (SSSR count). The SMILES string of the molecule is O=S(=O)(NCCc1nnc2ccc(N3CCCCC3)nn12)c1ccc(F)cc1. The van der Waals surface area contributed by atoms with E-state index in [1.165, 1.54) is 18.6 Å². The molecule has 0 bridgehead atoms. The first-order valence-electron chi connectivity index (χ1n) is 9.24. The Morgan fingerprint density at radius 2 is 1.75 bits per heavy atom. The van der Waals surface area contributed by atoms with E-state index in [4.69, 9.17) is 0 Å². The van der Waals surface area contributed by atoms with E-state index in [9.17, 15) is 12.8 Å². The molecule has 3 heterocycles. The number of piperidine rings is 1. The summed E-state index contributed by atoms with van der Waals surface area (Å²) in [5.74, 6) is 0.972. The first-order valence-corrected chi connectivity index (χ1v) is 10.7. The highest BCUT2D eigenvalue weighted by molar-refractivity contribution is 7.89. The van der Waals surface area contributed by atoms with Gasteiger partial charge in [0.15, 0.2) is 11.5 Å². The van der Waals surface area contributed by atoms with Gasteiger partial charge in [0.2, 0.25) is 10.0 Å². The summed E-state index contributed by atoms with van der Waals surface area (Å²) in [6.45, 7) is 2.09. The molecule has 0 aliphatic carbocycles. The van der Waals surface area contributed by atoms with Gasteiger partial charge in [-0.2, -0.15) is 4.52 Å². The highest BCUT2D eigenvalue weighted by Crippen LogP contribution is 2.18. The fraction of sp³-hybridized carbons (Fsp3) is 0.389. The molecule has 0 atom stereocenters. The Kier molecular flexibility index (Phi) is 5.23. The predicted octanol–water partition coefficient (Wildman–Crippen LogP) is 1.77. The molecule has 148 valence electrons. The lowest BCUT2D eigenvalue weighted by molar-refractivity contribution is 0.568. The molecule has 1 aromatic carbocycles. The highest BCUT2D eigenvalue weighted by atomic mass is 32.2. The van der Waals surface area contributed by atoms with Crippen LogP contribution in [-0.2, 0) is 16.4 Å². The maximum atomic E-state index is 13.0. The zero-order chi connectivity index (χ0) is 19.6.